The highest BCUT2D eigenvalue weighted by Gasteiger charge is 2.14. The predicted octanol–water partition coefficient (Wildman–Crippen LogP) is 2.80. The van der Waals surface area contributed by atoms with E-state index in [0.717, 1.165) is 5.56 Å². The molecule has 0 N–H and O–H groups in total. The molecule has 0 fully saturated rings. The minimum atomic E-state index is 0.0606. The van der Waals surface area contributed by atoms with Gasteiger partial charge in [-0.15, -0.1) is 0 Å². The Kier molecular flexibility index (Phi) is 5.46. The van der Waals surface area contributed by atoms with E-state index in [2.05, 4.69) is 4.98 Å². The van der Waals surface area contributed by atoms with Crippen LogP contribution < -0.4 is 4.74 Å². The highest BCUT2D eigenvalue weighted by Crippen LogP contribution is 2.19. The molecule has 0 bridgehead atoms. The number of nitrogens with zero attached hydrogens (tertiary/aromatic N) is 2. The molecule has 2 aromatic rings. The van der Waals surface area contributed by atoms with Crippen LogP contribution in [0.25, 0.3) is 0 Å². The molecule has 0 unspecified atom stereocenters. The number of para-hydroxylation sites is 1. The Balaban J connectivity index is 2.01. The number of aromatic nitrogens is 1. The third-order valence-corrected chi connectivity index (χ3v) is 3.08. The van der Waals surface area contributed by atoms with E-state index in [-0.39, 0.29) is 5.78 Å². The lowest BCUT2D eigenvalue weighted by atomic mass is 10.1. The summed E-state index contributed by atoms with van der Waals surface area (Å²) in [7, 11) is 1.92. The fourth-order valence-electron chi connectivity index (χ4n) is 2.17. The van der Waals surface area contributed by atoms with Gasteiger partial charge in [-0.05, 0) is 37.7 Å². The fourth-order valence-corrected chi connectivity index (χ4v) is 2.17. The van der Waals surface area contributed by atoms with Crippen molar-refractivity contribution in [1.82, 2.24) is 9.88 Å². The van der Waals surface area contributed by atoms with Crippen molar-refractivity contribution in [2.75, 3.05) is 20.2 Å². The number of benzene rings is 1. The van der Waals surface area contributed by atoms with E-state index in [0.29, 0.717) is 31.0 Å². The van der Waals surface area contributed by atoms with Gasteiger partial charge in [0.2, 0.25) is 0 Å². The van der Waals surface area contributed by atoms with Crippen molar-refractivity contribution in [1.29, 1.82) is 0 Å². The van der Waals surface area contributed by atoms with Crippen molar-refractivity contribution >= 4 is 5.78 Å². The Morgan fingerprint density at radius 3 is 2.76 bits per heavy atom. The lowest BCUT2D eigenvalue weighted by molar-refractivity contribution is 0.0939. The summed E-state index contributed by atoms with van der Waals surface area (Å²) >= 11 is 0. The molecule has 0 saturated heterocycles. The second-order valence-corrected chi connectivity index (χ2v) is 4.89. The van der Waals surface area contributed by atoms with E-state index in [1.807, 2.05) is 61.5 Å². The Morgan fingerprint density at radius 2 is 2.05 bits per heavy atom. The Hall–Kier alpha value is -2.20. The quantitative estimate of drug-likeness (QED) is 0.733. The van der Waals surface area contributed by atoms with Crippen LogP contribution in [0.1, 0.15) is 22.8 Å². The first-order chi connectivity index (χ1) is 10.2. The van der Waals surface area contributed by atoms with Gasteiger partial charge in [0, 0.05) is 18.9 Å². The Labute approximate surface area is 125 Å². The van der Waals surface area contributed by atoms with Crippen molar-refractivity contribution in [3.8, 4) is 5.75 Å². The van der Waals surface area contributed by atoms with Crippen molar-refractivity contribution in [2.24, 2.45) is 0 Å². The van der Waals surface area contributed by atoms with Gasteiger partial charge in [0.15, 0.2) is 5.78 Å². The Bertz CT molecular complexity index is 584. The van der Waals surface area contributed by atoms with Crippen LogP contribution >= 0.6 is 0 Å². The molecule has 2 rings (SSSR count). The number of ketones is 1. The van der Waals surface area contributed by atoms with Crippen LogP contribution in [0.2, 0.25) is 0 Å². The van der Waals surface area contributed by atoms with Gasteiger partial charge in [-0.3, -0.25) is 14.7 Å². The number of hydrogen-bond donors (Lipinski definition) is 0. The first-order valence-corrected chi connectivity index (χ1v) is 7.03. The molecule has 0 aliphatic carbocycles. The van der Waals surface area contributed by atoms with Crippen molar-refractivity contribution in [3.63, 3.8) is 0 Å². The van der Waals surface area contributed by atoms with Gasteiger partial charge in [0.05, 0.1) is 18.7 Å². The lowest BCUT2D eigenvalue weighted by Crippen LogP contribution is -2.26. The summed E-state index contributed by atoms with van der Waals surface area (Å²) in [5.41, 5.74) is 1.73. The van der Waals surface area contributed by atoms with E-state index < -0.39 is 0 Å². The van der Waals surface area contributed by atoms with Crippen LogP contribution in [0.5, 0.6) is 5.75 Å². The number of hydrogen-bond acceptors (Lipinski definition) is 4. The minimum Gasteiger partial charge on any atom is -0.493 e. The fraction of sp³-hybridized carbons (Fsp3) is 0.294. The van der Waals surface area contributed by atoms with Gasteiger partial charge >= 0.3 is 0 Å². The maximum atomic E-state index is 12.4. The second kappa shape index (κ2) is 7.55. The number of carbonyl (C=O) groups is 1. The van der Waals surface area contributed by atoms with Crippen LogP contribution in [0.3, 0.4) is 0 Å². The molecule has 0 saturated carbocycles. The maximum Gasteiger partial charge on any atom is 0.180 e. The van der Waals surface area contributed by atoms with E-state index in [1.165, 1.54) is 0 Å². The average molecular weight is 284 g/mol. The molecule has 4 heteroatoms. The van der Waals surface area contributed by atoms with Crippen molar-refractivity contribution in [3.05, 3.63) is 59.9 Å². The first kappa shape index (κ1) is 15.2. The Morgan fingerprint density at radius 1 is 1.24 bits per heavy atom. The van der Waals surface area contributed by atoms with Crippen LogP contribution in [0, 0.1) is 0 Å². The van der Waals surface area contributed by atoms with Crippen LogP contribution in [0.15, 0.2) is 48.8 Å². The van der Waals surface area contributed by atoms with Gasteiger partial charge in [-0.2, -0.15) is 0 Å². The highest BCUT2D eigenvalue weighted by molar-refractivity contribution is 6.00. The molecule has 0 amide bonds. The molecule has 0 atom stereocenters. The molecular weight excluding hydrogens is 264 g/mol. The van der Waals surface area contributed by atoms with Gasteiger partial charge < -0.3 is 4.74 Å². The van der Waals surface area contributed by atoms with Gasteiger partial charge in [-0.1, -0.05) is 18.2 Å². The summed E-state index contributed by atoms with van der Waals surface area (Å²) in [6, 6.07) is 11.3. The molecule has 21 heavy (non-hydrogen) atoms. The van der Waals surface area contributed by atoms with Crippen molar-refractivity contribution in [2.45, 2.75) is 13.5 Å². The van der Waals surface area contributed by atoms with Crippen LogP contribution in [-0.4, -0.2) is 35.9 Å². The standard InChI is InChI=1S/C17H20N2O2/c1-3-21-17-9-5-4-8-15(17)16(20)13-19(2)12-14-7-6-10-18-11-14/h4-11H,3,12-13H2,1-2H3. The summed E-state index contributed by atoms with van der Waals surface area (Å²) < 4.78 is 5.51. The first-order valence-electron chi connectivity index (χ1n) is 7.03. The zero-order valence-electron chi connectivity index (χ0n) is 12.5. The van der Waals surface area contributed by atoms with E-state index >= 15 is 0 Å². The van der Waals surface area contributed by atoms with E-state index in [4.69, 9.17) is 4.74 Å². The number of carbonyl (C=O) groups excluding carboxylic acids is 1. The summed E-state index contributed by atoms with van der Waals surface area (Å²) in [6.07, 6.45) is 3.56. The summed E-state index contributed by atoms with van der Waals surface area (Å²) in [4.78, 5) is 18.5. The molecule has 1 heterocycles. The maximum absolute atomic E-state index is 12.4. The topological polar surface area (TPSA) is 42.4 Å². The second-order valence-electron chi connectivity index (χ2n) is 4.89. The zero-order valence-corrected chi connectivity index (χ0v) is 12.5. The molecule has 0 radical (unpaired) electrons. The molecule has 1 aromatic carbocycles. The molecule has 1 aromatic heterocycles. The monoisotopic (exact) mass is 284 g/mol. The summed E-state index contributed by atoms with van der Waals surface area (Å²) in [5, 5.41) is 0. The smallest absolute Gasteiger partial charge is 0.180 e. The third kappa shape index (κ3) is 4.39. The minimum absolute atomic E-state index is 0.0606. The van der Waals surface area contributed by atoms with E-state index in [1.54, 1.807) is 6.20 Å². The lowest BCUT2D eigenvalue weighted by Gasteiger charge is -2.16. The van der Waals surface area contributed by atoms with Crippen LogP contribution in [-0.2, 0) is 6.54 Å². The van der Waals surface area contributed by atoms with Gasteiger partial charge in [0.1, 0.15) is 5.75 Å². The zero-order chi connectivity index (χ0) is 15.1. The molecule has 0 aliphatic heterocycles. The van der Waals surface area contributed by atoms with E-state index in [9.17, 15) is 4.79 Å². The molecule has 110 valence electrons. The number of rotatable bonds is 7. The largest absolute Gasteiger partial charge is 0.493 e. The van der Waals surface area contributed by atoms with Gasteiger partial charge in [0.25, 0.3) is 0 Å². The number of ether oxygens (including phenoxy) is 1. The SMILES string of the molecule is CCOc1ccccc1C(=O)CN(C)Cc1cccnc1. The average Bonchev–Trinajstić information content (AvgIpc) is 2.49. The van der Waals surface area contributed by atoms with Crippen molar-refractivity contribution < 1.29 is 9.53 Å². The number of likely N-dealkylation sites (N-methyl/N-ethyl adjacent to an activating group) is 1. The summed E-state index contributed by atoms with van der Waals surface area (Å²) in [6.45, 7) is 3.50. The molecular formula is C17H20N2O2. The number of Topliss-reactive ketones (excluding diaryl/α,β-unsaturated/α-hetero) is 1. The summed E-state index contributed by atoms with van der Waals surface area (Å²) in [5.74, 6) is 0.713. The van der Waals surface area contributed by atoms with Gasteiger partial charge in [-0.25, -0.2) is 0 Å². The third-order valence-electron chi connectivity index (χ3n) is 3.08. The molecule has 0 spiro atoms. The number of pyridine rings is 1. The molecule has 0 aliphatic rings. The predicted molar refractivity (Wildman–Crippen MR) is 82.5 cm³/mol. The normalized spacial score (nSPS) is 10.6. The molecule has 4 nitrogen and oxygen atoms in total. The highest BCUT2D eigenvalue weighted by atomic mass is 16.5. The van der Waals surface area contributed by atoms with Crippen LogP contribution in [0.4, 0.5) is 0 Å².